The van der Waals surface area contributed by atoms with Crippen molar-refractivity contribution in [3.8, 4) is 0 Å². The minimum Gasteiger partial charge on any atom is -0.346 e. The molecule has 0 bridgehead atoms. The Balaban J connectivity index is 1.76. The van der Waals surface area contributed by atoms with E-state index in [0.29, 0.717) is 12.0 Å². The molecule has 1 aliphatic heterocycles. The molecule has 0 saturated carbocycles. The minimum absolute atomic E-state index is 0.307. The minimum atomic E-state index is 0.307. The summed E-state index contributed by atoms with van der Waals surface area (Å²) >= 11 is 0. The lowest BCUT2D eigenvalue weighted by Crippen LogP contribution is -2.47. The second-order valence-electron chi connectivity index (χ2n) is 5.38. The van der Waals surface area contributed by atoms with Gasteiger partial charge in [0.25, 0.3) is 0 Å². The van der Waals surface area contributed by atoms with Gasteiger partial charge in [0.2, 0.25) is 0 Å². The third-order valence-electron chi connectivity index (χ3n) is 4.03. The van der Waals surface area contributed by atoms with Gasteiger partial charge in [-0.3, -0.25) is 4.90 Å². The average Bonchev–Trinajstić information content (AvgIpc) is 2.78. The summed E-state index contributed by atoms with van der Waals surface area (Å²) in [5.74, 6) is 0.644. The monoisotopic (exact) mass is 244 g/mol. The van der Waals surface area contributed by atoms with Gasteiger partial charge >= 0.3 is 0 Å². The molecule has 0 spiro atoms. The summed E-state index contributed by atoms with van der Waals surface area (Å²) in [5, 5.41) is 1.23. The predicted octanol–water partition coefficient (Wildman–Crippen LogP) is 1.73. The van der Waals surface area contributed by atoms with E-state index in [1.807, 2.05) is 12.3 Å². The first-order valence-corrected chi connectivity index (χ1v) is 6.63. The lowest BCUT2D eigenvalue weighted by molar-refractivity contribution is 0.162. The highest BCUT2D eigenvalue weighted by atomic mass is 15.1. The van der Waals surface area contributed by atoms with Gasteiger partial charge in [0.15, 0.2) is 0 Å². The van der Waals surface area contributed by atoms with Crippen molar-refractivity contribution in [2.75, 3.05) is 13.1 Å². The molecule has 2 atom stereocenters. The fraction of sp³-hybridized carbons (Fsp3) is 0.500. The van der Waals surface area contributed by atoms with Gasteiger partial charge in [-0.1, -0.05) is 6.92 Å². The van der Waals surface area contributed by atoms with Crippen LogP contribution in [0.5, 0.6) is 0 Å². The first-order chi connectivity index (χ1) is 8.74. The topological polar surface area (TPSA) is 57.9 Å². The largest absolute Gasteiger partial charge is 0.346 e. The number of nitrogens with two attached hydrogens (primary N) is 1. The summed E-state index contributed by atoms with van der Waals surface area (Å²) in [6.07, 6.45) is 5.09. The van der Waals surface area contributed by atoms with E-state index in [9.17, 15) is 0 Å². The molecule has 0 aromatic carbocycles. The predicted molar refractivity (Wildman–Crippen MR) is 73.1 cm³/mol. The fourth-order valence-corrected chi connectivity index (χ4v) is 2.70. The number of nitrogens with zero attached hydrogens (tertiary/aromatic N) is 2. The zero-order valence-electron chi connectivity index (χ0n) is 10.8. The Morgan fingerprint density at radius 2 is 2.44 bits per heavy atom. The molecule has 4 heteroatoms. The Morgan fingerprint density at radius 3 is 3.28 bits per heavy atom. The van der Waals surface area contributed by atoms with Crippen LogP contribution in [0, 0.1) is 5.92 Å². The van der Waals surface area contributed by atoms with Crippen LogP contribution in [0.1, 0.15) is 18.9 Å². The molecule has 3 rings (SSSR count). The van der Waals surface area contributed by atoms with Crippen LogP contribution in [-0.4, -0.2) is 34.0 Å². The maximum atomic E-state index is 6.15. The van der Waals surface area contributed by atoms with Crippen LogP contribution < -0.4 is 5.73 Å². The molecular weight excluding hydrogens is 224 g/mol. The van der Waals surface area contributed by atoms with Crippen molar-refractivity contribution < 1.29 is 0 Å². The van der Waals surface area contributed by atoms with Crippen LogP contribution in [0.3, 0.4) is 0 Å². The standard InChI is InChI=1S/C14H20N4/c1-10-4-6-18(9-13(10)15)8-11-7-17-14-12(11)3-2-5-16-14/h2-3,5,7,10,13H,4,6,8-9,15H2,1H3,(H,16,17). The number of fused-ring (bicyclic) bond motifs is 1. The molecule has 2 unspecified atom stereocenters. The highest BCUT2D eigenvalue weighted by molar-refractivity contribution is 5.79. The molecule has 4 nitrogen and oxygen atoms in total. The molecule has 3 N–H and O–H groups in total. The number of piperidine rings is 1. The molecule has 2 aromatic heterocycles. The second kappa shape index (κ2) is 4.71. The number of aromatic nitrogens is 2. The van der Waals surface area contributed by atoms with Gasteiger partial charge in [-0.05, 0) is 36.6 Å². The smallest absolute Gasteiger partial charge is 0.137 e. The van der Waals surface area contributed by atoms with E-state index in [1.165, 1.54) is 17.4 Å². The molecule has 0 amide bonds. The van der Waals surface area contributed by atoms with Gasteiger partial charge in [-0.15, -0.1) is 0 Å². The maximum absolute atomic E-state index is 6.15. The Hall–Kier alpha value is -1.39. The van der Waals surface area contributed by atoms with E-state index >= 15 is 0 Å². The van der Waals surface area contributed by atoms with Gasteiger partial charge in [0.1, 0.15) is 5.65 Å². The highest BCUT2D eigenvalue weighted by Crippen LogP contribution is 2.21. The van der Waals surface area contributed by atoms with Crippen LogP contribution >= 0.6 is 0 Å². The molecule has 3 heterocycles. The number of pyridine rings is 1. The second-order valence-corrected chi connectivity index (χ2v) is 5.38. The molecule has 18 heavy (non-hydrogen) atoms. The molecule has 1 fully saturated rings. The Morgan fingerprint density at radius 1 is 1.56 bits per heavy atom. The quantitative estimate of drug-likeness (QED) is 0.846. The van der Waals surface area contributed by atoms with Crippen molar-refractivity contribution in [1.82, 2.24) is 14.9 Å². The zero-order valence-corrected chi connectivity index (χ0v) is 10.8. The van der Waals surface area contributed by atoms with Crippen molar-refractivity contribution in [2.24, 2.45) is 11.7 Å². The van der Waals surface area contributed by atoms with Crippen LogP contribution in [-0.2, 0) is 6.54 Å². The number of aromatic amines is 1. The van der Waals surface area contributed by atoms with Gasteiger partial charge < -0.3 is 10.7 Å². The number of hydrogen-bond donors (Lipinski definition) is 2. The fourth-order valence-electron chi connectivity index (χ4n) is 2.70. The van der Waals surface area contributed by atoms with Crippen LogP contribution in [0.2, 0.25) is 0 Å². The summed E-state index contributed by atoms with van der Waals surface area (Å²) in [7, 11) is 0. The number of hydrogen-bond acceptors (Lipinski definition) is 3. The summed E-state index contributed by atoms with van der Waals surface area (Å²) in [6, 6.07) is 4.42. The zero-order chi connectivity index (χ0) is 12.5. The first kappa shape index (κ1) is 11.7. The van der Waals surface area contributed by atoms with E-state index in [1.54, 1.807) is 0 Å². The molecule has 0 aliphatic carbocycles. The molecule has 96 valence electrons. The van der Waals surface area contributed by atoms with Crippen LogP contribution in [0.15, 0.2) is 24.5 Å². The lowest BCUT2D eigenvalue weighted by Gasteiger charge is -2.34. The van der Waals surface area contributed by atoms with E-state index < -0.39 is 0 Å². The maximum Gasteiger partial charge on any atom is 0.137 e. The molecular formula is C14H20N4. The van der Waals surface area contributed by atoms with E-state index in [2.05, 4.69) is 34.1 Å². The molecule has 1 aliphatic rings. The SMILES string of the molecule is CC1CCN(Cc2c[nH]c3ncccc23)CC1N. The van der Waals surface area contributed by atoms with Crippen molar-refractivity contribution in [3.63, 3.8) is 0 Å². The Labute approximate surface area is 107 Å². The lowest BCUT2D eigenvalue weighted by atomic mass is 9.94. The number of H-pyrrole nitrogens is 1. The summed E-state index contributed by atoms with van der Waals surface area (Å²) < 4.78 is 0. The van der Waals surface area contributed by atoms with E-state index in [0.717, 1.165) is 25.3 Å². The van der Waals surface area contributed by atoms with Gasteiger partial charge in [-0.2, -0.15) is 0 Å². The summed E-state index contributed by atoms with van der Waals surface area (Å²) in [4.78, 5) is 10.00. The number of likely N-dealkylation sites (tertiary alicyclic amines) is 1. The average molecular weight is 244 g/mol. The normalized spacial score (nSPS) is 25.7. The Bertz CT molecular complexity index is 533. The third kappa shape index (κ3) is 2.13. The molecule has 1 saturated heterocycles. The number of nitrogens with one attached hydrogen (secondary N) is 1. The first-order valence-electron chi connectivity index (χ1n) is 6.63. The van der Waals surface area contributed by atoms with Gasteiger partial charge in [0.05, 0.1) is 0 Å². The van der Waals surface area contributed by atoms with Crippen molar-refractivity contribution in [2.45, 2.75) is 25.9 Å². The van der Waals surface area contributed by atoms with Crippen molar-refractivity contribution in [1.29, 1.82) is 0 Å². The number of rotatable bonds is 2. The van der Waals surface area contributed by atoms with E-state index in [-0.39, 0.29) is 0 Å². The van der Waals surface area contributed by atoms with Crippen LogP contribution in [0.4, 0.5) is 0 Å². The Kier molecular flexibility index (Phi) is 3.06. The van der Waals surface area contributed by atoms with Gasteiger partial charge in [0, 0.05) is 36.9 Å². The summed E-state index contributed by atoms with van der Waals surface area (Å²) in [5.41, 5.74) is 8.44. The van der Waals surface area contributed by atoms with Crippen molar-refractivity contribution in [3.05, 3.63) is 30.1 Å². The van der Waals surface area contributed by atoms with Crippen LogP contribution in [0.25, 0.3) is 11.0 Å². The van der Waals surface area contributed by atoms with Gasteiger partial charge in [-0.25, -0.2) is 4.98 Å². The molecule has 2 aromatic rings. The third-order valence-corrected chi connectivity index (χ3v) is 4.03. The van der Waals surface area contributed by atoms with E-state index in [4.69, 9.17) is 5.73 Å². The molecule has 0 radical (unpaired) electrons. The highest BCUT2D eigenvalue weighted by Gasteiger charge is 2.23. The summed E-state index contributed by atoms with van der Waals surface area (Å²) in [6.45, 7) is 5.35. The van der Waals surface area contributed by atoms with Crippen molar-refractivity contribution >= 4 is 11.0 Å².